The predicted molar refractivity (Wildman–Crippen MR) is 78.5 cm³/mol. The van der Waals surface area contributed by atoms with Crippen molar-refractivity contribution in [3.63, 3.8) is 0 Å². The van der Waals surface area contributed by atoms with Crippen LogP contribution in [0.15, 0.2) is 0 Å². The molecule has 20 heavy (non-hydrogen) atoms. The third-order valence-corrected chi connectivity index (χ3v) is 4.83. The molecule has 5 nitrogen and oxygen atoms in total. The molecule has 2 rings (SSSR count). The molecule has 1 fully saturated rings. The third kappa shape index (κ3) is 3.17. The third-order valence-electron chi connectivity index (χ3n) is 3.75. The highest BCUT2D eigenvalue weighted by Crippen LogP contribution is 2.30. The van der Waals surface area contributed by atoms with E-state index in [0.717, 1.165) is 6.42 Å². The Labute approximate surface area is 122 Å². The standard InChI is InChI=1S/C14H20N2O3S/c1-8-6-4-5-7-10(8)15-14-16-11(13(18)19-3)12(20-14)9(2)17/h8,10H,4-7H2,1-3H3,(H,15,16). The normalized spacial score (nSPS) is 22.4. The van der Waals surface area contributed by atoms with E-state index in [9.17, 15) is 9.59 Å². The van der Waals surface area contributed by atoms with Gasteiger partial charge in [0.25, 0.3) is 0 Å². The van der Waals surface area contributed by atoms with Gasteiger partial charge in [0.15, 0.2) is 16.6 Å². The van der Waals surface area contributed by atoms with Gasteiger partial charge in [0.05, 0.1) is 7.11 Å². The summed E-state index contributed by atoms with van der Waals surface area (Å²) in [7, 11) is 1.29. The van der Waals surface area contributed by atoms with E-state index in [4.69, 9.17) is 0 Å². The van der Waals surface area contributed by atoms with Gasteiger partial charge in [0, 0.05) is 13.0 Å². The SMILES string of the molecule is COC(=O)c1nc(NC2CCCCC2C)sc1C(C)=O. The number of carbonyl (C=O) groups excluding carboxylic acids is 2. The van der Waals surface area contributed by atoms with Gasteiger partial charge in [-0.15, -0.1) is 0 Å². The second-order valence-corrected chi connectivity index (χ2v) is 6.26. The van der Waals surface area contributed by atoms with Gasteiger partial charge in [-0.25, -0.2) is 9.78 Å². The summed E-state index contributed by atoms with van der Waals surface area (Å²) in [6.07, 6.45) is 4.77. The molecule has 6 heteroatoms. The van der Waals surface area contributed by atoms with E-state index in [1.165, 1.54) is 44.6 Å². The number of ether oxygens (including phenoxy) is 1. The summed E-state index contributed by atoms with van der Waals surface area (Å²) in [6, 6.07) is 0.361. The number of rotatable bonds is 4. The molecule has 2 unspecified atom stereocenters. The van der Waals surface area contributed by atoms with E-state index < -0.39 is 5.97 Å². The first-order valence-electron chi connectivity index (χ1n) is 6.89. The molecular formula is C14H20N2O3S. The van der Waals surface area contributed by atoms with E-state index in [-0.39, 0.29) is 11.5 Å². The van der Waals surface area contributed by atoms with Crippen LogP contribution in [0, 0.1) is 5.92 Å². The number of methoxy groups -OCH3 is 1. The molecule has 2 atom stereocenters. The van der Waals surface area contributed by atoms with Crippen LogP contribution >= 0.6 is 11.3 Å². The molecule has 1 N–H and O–H groups in total. The van der Waals surface area contributed by atoms with Gasteiger partial charge < -0.3 is 10.1 Å². The number of thiazole rings is 1. The van der Waals surface area contributed by atoms with Crippen molar-refractivity contribution in [1.82, 2.24) is 4.98 Å². The Morgan fingerprint density at radius 3 is 2.65 bits per heavy atom. The zero-order chi connectivity index (χ0) is 14.7. The number of nitrogens with one attached hydrogen (secondary N) is 1. The lowest BCUT2D eigenvalue weighted by Gasteiger charge is -2.29. The highest BCUT2D eigenvalue weighted by Gasteiger charge is 2.25. The smallest absolute Gasteiger partial charge is 0.358 e. The number of hydrogen-bond acceptors (Lipinski definition) is 6. The molecular weight excluding hydrogens is 276 g/mol. The number of anilines is 1. The van der Waals surface area contributed by atoms with Crippen LogP contribution < -0.4 is 5.32 Å². The maximum atomic E-state index is 11.7. The number of hydrogen-bond donors (Lipinski definition) is 1. The fraction of sp³-hybridized carbons (Fsp3) is 0.643. The van der Waals surface area contributed by atoms with Crippen molar-refractivity contribution >= 4 is 28.2 Å². The van der Waals surface area contributed by atoms with Crippen LogP contribution in [0.5, 0.6) is 0 Å². The topological polar surface area (TPSA) is 68.3 Å². The molecule has 1 aliphatic carbocycles. The predicted octanol–water partition coefficient (Wildman–Crippen LogP) is 3.12. The Hall–Kier alpha value is -1.43. The van der Waals surface area contributed by atoms with Crippen molar-refractivity contribution in [2.75, 3.05) is 12.4 Å². The summed E-state index contributed by atoms with van der Waals surface area (Å²) in [4.78, 5) is 27.8. The maximum Gasteiger partial charge on any atom is 0.358 e. The van der Waals surface area contributed by atoms with Crippen molar-refractivity contribution < 1.29 is 14.3 Å². The average molecular weight is 296 g/mol. The Kier molecular flexibility index (Phi) is 4.75. The van der Waals surface area contributed by atoms with Gasteiger partial charge in [-0.2, -0.15) is 0 Å². The summed E-state index contributed by atoms with van der Waals surface area (Å²) in [5.74, 6) is -0.140. The lowest BCUT2D eigenvalue weighted by molar-refractivity contribution is 0.0591. The average Bonchev–Trinajstić information content (AvgIpc) is 2.85. The molecule has 1 aromatic heterocycles. The number of ketones is 1. The molecule has 0 radical (unpaired) electrons. The first-order chi connectivity index (χ1) is 9.52. The highest BCUT2D eigenvalue weighted by atomic mass is 32.1. The summed E-state index contributed by atoms with van der Waals surface area (Å²) >= 11 is 1.23. The van der Waals surface area contributed by atoms with Gasteiger partial charge >= 0.3 is 5.97 Å². The first kappa shape index (κ1) is 15.0. The zero-order valence-electron chi connectivity index (χ0n) is 12.1. The molecule has 0 spiro atoms. The van der Waals surface area contributed by atoms with E-state index in [1.807, 2.05) is 0 Å². The van der Waals surface area contributed by atoms with Gasteiger partial charge in [-0.1, -0.05) is 31.1 Å². The molecule has 1 aliphatic rings. The monoisotopic (exact) mass is 296 g/mol. The number of Topliss-reactive ketones (excluding diaryl/α,β-unsaturated/α-hetero) is 1. The Balaban J connectivity index is 2.20. The fourth-order valence-corrected chi connectivity index (χ4v) is 3.45. The molecule has 0 bridgehead atoms. The number of aromatic nitrogens is 1. The van der Waals surface area contributed by atoms with Crippen LogP contribution in [-0.2, 0) is 4.74 Å². The van der Waals surface area contributed by atoms with Crippen LogP contribution in [0.3, 0.4) is 0 Å². The van der Waals surface area contributed by atoms with Crippen molar-refractivity contribution in [2.24, 2.45) is 5.92 Å². The second-order valence-electron chi connectivity index (χ2n) is 5.26. The van der Waals surface area contributed by atoms with Crippen molar-refractivity contribution in [3.8, 4) is 0 Å². The molecule has 0 saturated heterocycles. The summed E-state index contributed by atoms with van der Waals surface area (Å²) in [5.41, 5.74) is 0.121. The lowest BCUT2D eigenvalue weighted by atomic mass is 9.86. The van der Waals surface area contributed by atoms with Gasteiger partial charge in [0.2, 0.25) is 0 Å². The van der Waals surface area contributed by atoms with Crippen LogP contribution in [0.2, 0.25) is 0 Å². The number of carbonyl (C=O) groups is 2. The summed E-state index contributed by atoms with van der Waals surface area (Å²) < 4.78 is 4.68. The highest BCUT2D eigenvalue weighted by molar-refractivity contribution is 7.17. The van der Waals surface area contributed by atoms with Crippen LogP contribution in [0.4, 0.5) is 5.13 Å². The quantitative estimate of drug-likeness (QED) is 0.683. The molecule has 110 valence electrons. The Morgan fingerprint density at radius 2 is 2.05 bits per heavy atom. The van der Waals surface area contributed by atoms with Crippen molar-refractivity contribution in [2.45, 2.75) is 45.6 Å². The minimum Gasteiger partial charge on any atom is -0.464 e. The molecule has 1 aromatic rings. The van der Waals surface area contributed by atoms with E-state index in [1.54, 1.807) is 0 Å². The largest absolute Gasteiger partial charge is 0.464 e. The van der Waals surface area contributed by atoms with E-state index in [2.05, 4.69) is 22.0 Å². The zero-order valence-corrected chi connectivity index (χ0v) is 12.9. The molecule has 0 aliphatic heterocycles. The van der Waals surface area contributed by atoms with E-state index >= 15 is 0 Å². The van der Waals surface area contributed by atoms with Crippen molar-refractivity contribution in [1.29, 1.82) is 0 Å². The molecule has 0 aromatic carbocycles. The van der Waals surface area contributed by atoms with Crippen LogP contribution in [0.1, 0.15) is 59.7 Å². The van der Waals surface area contributed by atoms with Crippen molar-refractivity contribution in [3.05, 3.63) is 10.6 Å². The lowest BCUT2D eigenvalue weighted by Crippen LogP contribution is -2.30. The van der Waals surface area contributed by atoms with Gasteiger partial charge in [-0.3, -0.25) is 4.79 Å². The van der Waals surface area contributed by atoms with Gasteiger partial charge in [0.1, 0.15) is 4.88 Å². The molecule has 0 amide bonds. The summed E-state index contributed by atoms with van der Waals surface area (Å²) in [6.45, 7) is 3.66. The fourth-order valence-electron chi connectivity index (χ4n) is 2.54. The van der Waals surface area contributed by atoms with Crippen LogP contribution in [0.25, 0.3) is 0 Å². The minimum absolute atomic E-state index is 0.121. The molecule has 1 heterocycles. The Bertz CT molecular complexity index is 513. The van der Waals surface area contributed by atoms with Gasteiger partial charge in [-0.05, 0) is 18.8 Å². The maximum absolute atomic E-state index is 11.7. The number of esters is 1. The van der Waals surface area contributed by atoms with E-state index in [0.29, 0.717) is 22.0 Å². The summed E-state index contributed by atoms with van der Waals surface area (Å²) in [5, 5.41) is 4.01. The minimum atomic E-state index is -0.559. The number of nitrogens with zero attached hydrogens (tertiary/aromatic N) is 1. The Morgan fingerprint density at radius 1 is 1.35 bits per heavy atom. The van der Waals surface area contributed by atoms with Crippen LogP contribution in [-0.4, -0.2) is 29.9 Å². The second kappa shape index (κ2) is 6.35. The first-order valence-corrected chi connectivity index (χ1v) is 7.71. The molecule has 1 saturated carbocycles.